The Bertz CT molecular complexity index is 1220. The number of fused-ring (bicyclic) bond motifs is 1. The van der Waals surface area contributed by atoms with Crippen LogP contribution in [0, 0.1) is 0 Å². The third-order valence-electron chi connectivity index (χ3n) is 6.77. The number of benzene rings is 4. The third-order valence-corrected chi connectivity index (χ3v) is 6.77. The SMILES string of the molecule is CC(C)c1cc(C(C)C)c(-c2c(COCc3ccccc3)ccc3ccccc23)c(C(C)C)c1. The lowest BCUT2D eigenvalue weighted by molar-refractivity contribution is 0.107. The summed E-state index contributed by atoms with van der Waals surface area (Å²) >= 11 is 0. The first-order chi connectivity index (χ1) is 16.4. The maximum atomic E-state index is 6.28. The molecule has 0 radical (unpaired) electrons. The molecule has 4 aromatic carbocycles. The van der Waals surface area contributed by atoms with Crippen LogP contribution in [-0.4, -0.2) is 0 Å². The molecule has 0 aromatic heterocycles. The van der Waals surface area contributed by atoms with Crippen LogP contribution in [0.25, 0.3) is 21.9 Å². The molecule has 0 aliphatic carbocycles. The van der Waals surface area contributed by atoms with Crippen molar-refractivity contribution in [1.82, 2.24) is 0 Å². The topological polar surface area (TPSA) is 9.23 Å². The van der Waals surface area contributed by atoms with Gasteiger partial charge in [-0.25, -0.2) is 0 Å². The predicted molar refractivity (Wildman–Crippen MR) is 147 cm³/mol. The Morgan fingerprint density at radius 2 is 1.21 bits per heavy atom. The predicted octanol–water partition coefficient (Wildman–Crippen LogP) is 9.59. The van der Waals surface area contributed by atoms with Crippen molar-refractivity contribution >= 4 is 10.8 Å². The van der Waals surface area contributed by atoms with Crippen molar-refractivity contribution in [2.75, 3.05) is 0 Å². The molecule has 0 saturated heterocycles. The van der Waals surface area contributed by atoms with Crippen LogP contribution in [0.3, 0.4) is 0 Å². The lowest BCUT2D eigenvalue weighted by atomic mass is 9.79. The molecule has 0 aliphatic heterocycles. The average molecular weight is 451 g/mol. The first-order valence-electron chi connectivity index (χ1n) is 12.7. The summed E-state index contributed by atoms with van der Waals surface area (Å²) in [5, 5.41) is 2.59. The first-order valence-corrected chi connectivity index (χ1v) is 12.7. The van der Waals surface area contributed by atoms with E-state index in [4.69, 9.17) is 4.74 Å². The molecule has 0 N–H and O–H groups in total. The van der Waals surface area contributed by atoms with Crippen LogP contribution in [0.4, 0.5) is 0 Å². The van der Waals surface area contributed by atoms with E-state index < -0.39 is 0 Å². The van der Waals surface area contributed by atoms with Crippen LogP contribution in [0.5, 0.6) is 0 Å². The Morgan fingerprint density at radius 3 is 1.82 bits per heavy atom. The molecule has 0 atom stereocenters. The van der Waals surface area contributed by atoms with Gasteiger partial charge in [0.05, 0.1) is 13.2 Å². The molecule has 4 rings (SSSR count). The summed E-state index contributed by atoms with van der Waals surface area (Å²) in [6.45, 7) is 15.1. The summed E-state index contributed by atoms with van der Waals surface area (Å²) in [5.74, 6) is 1.37. The van der Waals surface area contributed by atoms with Crippen molar-refractivity contribution in [2.45, 2.75) is 72.5 Å². The van der Waals surface area contributed by atoms with Gasteiger partial charge in [-0.05, 0) is 67.5 Å². The van der Waals surface area contributed by atoms with Gasteiger partial charge in [0, 0.05) is 0 Å². The van der Waals surface area contributed by atoms with Crippen molar-refractivity contribution in [3.05, 3.63) is 107 Å². The van der Waals surface area contributed by atoms with Crippen LogP contribution in [0.15, 0.2) is 78.9 Å². The number of hydrogen-bond donors (Lipinski definition) is 0. The highest BCUT2D eigenvalue weighted by molar-refractivity contribution is 6.00. The highest BCUT2D eigenvalue weighted by Gasteiger charge is 2.22. The van der Waals surface area contributed by atoms with E-state index in [-0.39, 0.29) is 0 Å². The maximum Gasteiger partial charge on any atom is 0.0727 e. The van der Waals surface area contributed by atoms with Crippen LogP contribution in [-0.2, 0) is 18.0 Å². The summed E-state index contributed by atoms with van der Waals surface area (Å²) in [4.78, 5) is 0. The molecule has 34 heavy (non-hydrogen) atoms. The Hall–Kier alpha value is -2.90. The molecular formula is C33H38O. The highest BCUT2D eigenvalue weighted by Crippen LogP contribution is 2.43. The standard InChI is InChI=1S/C33H38O/c1-22(2)28-18-30(23(3)4)33(31(19-28)24(5)6)32-27(17-16-26-14-10-11-15-29(26)32)21-34-20-25-12-8-7-9-13-25/h7-19,22-24H,20-21H2,1-6H3. The molecule has 0 aliphatic rings. The second-order valence-corrected chi connectivity index (χ2v) is 10.3. The Morgan fingerprint density at radius 1 is 0.588 bits per heavy atom. The normalized spacial score (nSPS) is 11.8. The minimum Gasteiger partial charge on any atom is -0.372 e. The van der Waals surface area contributed by atoms with Crippen LogP contribution >= 0.6 is 0 Å². The highest BCUT2D eigenvalue weighted by atomic mass is 16.5. The lowest BCUT2D eigenvalue weighted by Crippen LogP contribution is -2.06. The second-order valence-electron chi connectivity index (χ2n) is 10.3. The minimum atomic E-state index is 0.434. The summed E-state index contributed by atoms with van der Waals surface area (Å²) < 4.78 is 6.28. The molecule has 0 amide bonds. The van der Waals surface area contributed by atoms with E-state index in [0.717, 1.165) is 0 Å². The van der Waals surface area contributed by atoms with E-state index in [1.54, 1.807) is 0 Å². The molecule has 0 bridgehead atoms. The lowest BCUT2D eigenvalue weighted by Gasteiger charge is -2.26. The first kappa shape index (κ1) is 24.2. The van der Waals surface area contributed by atoms with Gasteiger partial charge >= 0.3 is 0 Å². The smallest absolute Gasteiger partial charge is 0.0727 e. The van der Waals surface area contributed by atoms with Crippen molar-refractivity contribution in [1.29, 1.82) is 0 Å². The van der Waals surface area contributed by atoms with E-state index in [1.165, 1.54) is 49.7 Å². The van der Waals surface area contributed by atoms with Crippen LogP contribution in [0.2, 0.25) is 0 Å². The zero-order valence-corrected chi connectivity index (χ0v) is 21.6. The molecule has 0 unspecified atom stereocenters. The molecule has 0 spiro atoms. The average Bonchev–Trinajstić information content (AvgIpc) is 2.83. The van der Waals surface area contributed by atoms with Gasteiger partial charge in [0.1, 0.15) is 0 Å². The number of hydrogen-bond acceptors (Lipinski definition) is 1. The van der Waals surface area contributed by atoms with E-state index in [2.05, 4.69) is 114 Å². The number of ether oxygens (including phenoxy) is 1. The van der Waals surface area contributed by atoms with Gasteiger partial charge in [-0.2, -0.15) is 0 Å². The van der Waals surface area contributed by atoms with E-state index in [1.807, 2.05) is 6.07 Å². The van der Waals surface area contributed by atoms with Gasteiger partial charge in [-0.3, -0.25) is 0 Å². The van der Waals surface area contributed by atoms with E-state index in [0.29, 0.717) is 31.0 Å². The quantitative estimate of drug-likeness (QED) is 0.260. The summed E-state index contributed by atoms with van der Waals surface area (Å²) in [7, 11) is 0. The van der Waals surface area contributed by atoms with Crippen molar-refractivity contribution in [3.8, 4) is 11.1 Å². The molecule has 0 fully saturated rings. The Kier molecular flexibility index (Phi) is 7.54. The molecule has 4 aromatic rings. The van der Waals surface area contributed by atoms with Gasteiger partial charge in [-0.15, -0.1) is 0 Å². The summed E-state index contributed by atoms with van der Waals surface area (Å²) in [5.41, 5.74) is 9.52. The molecule has 0 saturated carbocycles. The molecule has 1 nitrogen and oxygen atoms in total. The van der Waals surface area contributed by atoms with Crippen LogP contribution < -0.4 is 0 Å². The minimum absolute atomic E-state index is 0.434. The second kappa shape index (κ2) is 10.6. The van der Waals surface area contributed by atoms with Crippen molar-refractivity contribution in [3.63, 3.8) is 0 Å². The summed E-state index contributed by atoms with van der Waals surface area (Å²) in [6, 6.07) is 28.6. The fraction of sp³-hybridized carbons (Fsp3) is 0.333. The zero-order chi connectivity index (χ0) is 24.2. The molecular weight excluding hydrogens is 412 g/mol. The van der Waals surface area contributed by atoms with Gasteiger partial charge in [0.25, 0.3) is 0 Å². The third kappa shape index (κ3) is 5.10. The monoisotopic (exact) mass is 450 g/mol. The number of rotatable bonds is 8. The fourth-order valence-electron chi connectivity index (χ4n) is 4.83. The van der Waals surface area contributed by atoms with Gasteiger partial charge < -0.3 is 4.74 Å². The largest absolute Gasteiger partial charge is 0.372 e. The van der Waals surface area contributed by atoms with Gasteiger partial charge in [0.15, 0.2) is 0 Å². The molecule has 1 heteroatoms. The maximum absolute atomic E-state index is 6.28. The van der Waals surface area contributed by atoms with Crippen molar-refractivity contribution in [2.24, 2.45) is 0 Å². The van der Waals surface area contributed by atoms with Gasteiger partial charge in [0.2, 0.25) is 0 Å². The zero-order valence-electron chi connectivity index (χ0n) is 21.6. The van der Waals surface area contributed by atoms with Crippen LogP contribution in [0.1, 0.15) is 87.1 Å². The van der Waals surface area contributed by atoms with E-state index in [9.17, 15) is 0 Å². The summed E-state index contributed by atoms with van der Waals surface area (Å²) in [6.07, 6.45) is 0. The molecule has 0 heterocycles. The Labute approximate surface area is 205 Å². The molecule has 176 valence electrons. The Balaban J connectivity index is 1.91. The fourth-order valence-corrected chi connectivity index (χ4v) is 4.83. The van der Waals surface area contributed by atoms with Crippen molar-refractivity contribution < 1.29 is 4.74 Å². The van der Waals surface area contributed by atoms with E-state index >= 15 is 0 Å². The van der Waals surface area contributed by atoms with Gasteiger partial charge in [-0.1, -0.05) is 120 Å².